The first-order valence-electron chi connectivity index (χ1n) is 5.39. The standard InChI is InChI=1S/C12H11F2NO2S2/c1-8-11(18-9(2)15-8)12(13,14)19(16,17)10-6-4-3-5-7-10/h3-7H,1-2H3. The average Bonchev–Trinajstić information content (AvgIpc) is 2.70. The molecule has 2 rings (SSSR count). The molecule has 0 aliphatic heterocycles. The predicted molar refractivity (Wildman–Crippen MR) is 69.1 cm³/mol. The molecule has 0 amide bonds. The Morgan fingerprint density at radius 1 is 1.16 bits per heavy atom. The van der Waals surface area contributed by atoms with Crippen LogP contribution >= 0.6 is 11.3 Å². The van der Waals surface area contributed by atoms with Crippen molar-refractivity contribution in [2.24, 2.45) is 0 Å². The van der Waals surface area contributed by atoms with Crippen molar-refractivity contribution in [3.05, 3.63) is 45.9 Å². The van der Waals surface area contributed by atoms with Crippen LogP contribution in [-0.4, -0.2) is 13.4 Å². The summed E-state index contributed by atoms with van der Waals surface area (Å²) in [5.41, 5.74) is 0.0482. The lowest BCUT2D eigenvalue weighted by Gasteiger charge is -2.16. The molecular weight excluding hydrogens is 292 g/mol. The normalized spacial score (nSPS) is 12.6. The van der Waals surface area contributed by atoms with E-state index in [0.717, 1.165) is 12.1 Å². The van der Waals surface area contributed by atoms with Gasteiger partial charge in [0.15, 0.2) is 0 Å². The molecule has 0 radical (unpaired) electrons. The number of alkyl halides is 2. The minimum Gasteiger partial charge on any atom is -0.246 e. The van der Waals surface area contributed by atoms with Gasteiger partial charge in [0.2, 0.25) is 9.84 Å². The lowest BCUT2D eigenvalue weighted by atomic mass is 10.4. The third kappa shape index (κ3) is 2.28. The van der Waals surface area contributed by atoms with Gasteiger partial charge in [-0.05, 0) is 26.0 Å². The summed E-state index contributed by atoms with van der Waals surface area (Å²) in [5.74, 6) is 0. The number of sulfone groups is 1. The van der Waals surface area contributed by atoms with Crippen LogP contribution in [-0.2, 0) is 15.1 Å². The number of hydrogen-bond acceptors (Lipinski definition) is 4. The lowest BCUT2D eigenvalue weighted by molar-refractivity contribution is 0.0937. The van der Waals surface area contributed by atoms with Gasteiger partial charge in [0, 0.05) is 0 Å². The zero-order valence-corrected chi connectivity index (χ0v) is 11.9. The van der Waals surface area contributed by atoms with Crippen molar-refractivity contribution >= 4 is 21.2 Å². The summed E-state index contributed by atoms with van der Waals surface area (Å²) in [5, 5.41) is -3.56. The van der Waals surface area contributed by atoms with Gasteiger partial charge in [-0.25, -0.2) is 13.4 Å². The van der Waals surface area contributed by atoms with Crippen molar-refractivity contribution in [3.63, 3.8) is 0 Å². The molecule has 1 aromatic carbocycles. The van der Waals surface area contributed by atoms with Crippen molar-refractivity contribution in [2.75, 3.05) is 0 Å². The van der Waals surface area contributed by atoms with Crippen LogP contribution in [0.15, 0.2) is 35.2 Å². The summed E-state index contributed by atoms with van der Waals surface area (Å²) < 4.78 is 52.6. The topological polar surface area (TPSA) is 47.0 Å². The van der Waals surface area contributed by atoms with Gasteiger partial charge in [0.05, 0.1) is 15.6 Å². The van der Waals surface area contributed by atoms with E-state index in [9.17, 15) is 17.2 Å². The molecule has 102 valence electrons. The minimum absolute atomic E-state index is 0.0482. The van der Waals surface area contributed by atoms with E-state index in [1.54, 1.807) is 13.0 Å². The maximum Gasteiger partial charge on any atom is 0.385 e. The van der Waals surface area contributed by atoms with E-state index in [1.807, 2.05) is 0 Å². The van der Waals surface area contributed by atoms with E-state index in [-0.39, 0.29) is 5.69 Å². The number of aryl methyl sites for hydroxylation is 2. The summed E-state index contributed by atoms with van der Waals surface area (Å²) in [6.07, 6.45) is 0. The van der Waals surface area contributed by atoms with Gasteiger partial charge in [0.1, 0.15) is 4.88 Å². The van der Waals surface area contributed by atoms with Crippen LogP contribution in [0.25, 0.3) is 0 Å². The second-order valence-corrected chi connectivity index (χ2v) is 7.17. The van der Waals surface area contributed by atoms with Crippen molar-refractivity contribution in [3.8, 4) is 0 Å². The first-order chi connectivity index (χ1) is 8.76. The molecule has 0 bridgehead atoms. The minimum atomic E-state index is -4.76. The second-order valence-electron chi connectivity index (χ2n) is 3.98. The molecule has 0 unspecified atom stereocenters. The molecule has 0 saturated heterocycles. The maximum atomic E-state index is 14.3. The van der Waals surface area contributed by atoms with Gasteiger partial charge in [0.25, 0.3) is 0 Å². The molecule has 0 fully saturated rings. The summed E-state index contributed by atoms with van der Waals surface area (Å²) >= 11 is 0.703. The van der Waals surface area contributed by atoms with Crippen LogP contribution in [0.1, 0.15) is 15.6 Å². The number of thiazole rings is 1. The second kappa shape index (κ2) is 4.64. The Hall–Kier alpha value is -1.34. The molecule has 2 aromatic rings. The highest BCUT2D eigenvalue weighted by Crippen LogP contribution is 2.42. The van der Waals surface area contributed by atoms with Crippen molar-refractivity contribution < 1.29 is 17.2 Å². The summed E-state index contributed by atoms with van der Waals surface area (Å²) in [6.45, 7) is 2.94. The van der Waals surface area contributed by atoms with Crippen molar-refractivity contribution in [1.82, 2.24) is 4.98 Å². The molecule has 1 aromatic heterocycles. The Morgan fingerprint density at radius 3 is 2.21 bits per heavy atom. The lowest BCUT2D eigenvalue weighted by Crippen LogP contribution is -2.26. The number of benzene rings is 1. The zero-order chi connectivity index (χ0) is 14.3. The van der Waals surface area contributed by atoms with Crippen LogP contribution in [0.5, 0.6) is 0 Å². The summed E-state index contributed by atoms with van der Waals surface area (Å²) in [7, 11) is -4.76. The highest BCUT2D eigenvalue weighted by atomic mass is 32.2. The number of aromatic nitrogens is 1. The van der Waals surface area contributed by atoms with E-state index in [1.165, 1.54) is 19.1 Å². The molecule has 1 heterocycles. The van der Waals surface area contributed by atoms with Crippen molar-refractivity contribution in [1.29, 1.82) is 0 Å². The monoisotopic (exact) mass is 303 g/mol. The zero-order valence-electron chi connectivity index (χ0n) is 10.2. The first-order valence-corrected chi connectivity index (χ1v) is 7.69. The Labute approximate surface area is 113 Å². The van der Waals surface area contributed by atoms with E-state index in [0.29, 0.717) is 16.3 Å². The average molecular weight is 303 g/mol. The van der Waals surface area contributed by atoms with Crippen LogP contribution in [0.2, 0.25) is 0 Å². The predicted octanol–water partition coefficient (Wildman–Crippen LogP) is 3.28. The van der Waals surface area contributed by atoms with E-state index < -0.39 is 24.9 Å². The fourth-order valence-electron chi connectivity index (χ4n) is 1.67. The number of hydrogen-bond donors (Lipinski definition) is 0. The fourth-order valence-corrected chi connectivity index (χ4v) is 4.12. The summed E-state index contributed by atoms with van der Waals surface area (Å²) in [4.78, 5) is 2.94. The molecule has 0 saturated carbocycles. The van der Waals surface area contributed by atoms with Crippen LogP contribution in [0, 0.1) is 13.8 Å². The maximum absolute atomic E-state index is 14.3. The molecular formula is C12H11F2NO2S2. The van der Waals surface area contributed by atoms with Gasteiger partial charge in [-0.1, -0.05) is 18.2 Å². The fraction of sp³-hybridized carbons (Fsp3) is 0.250. The smallest absolute Gasteiger partial charge is 0.246 e. The number of halogens is 2. The molecule has 19 heavy (non-hydrogen) atoms. The van der Waals surface area contributed by atoms with Gasteiger partial charge in [-0.3, -0.25) is 0 Å². The Kier molecular flexibility index (Phi) is 3.44. The van der Waals surface area contributed by atoms with Gasteiger partial charge >= 0.3 is 5.25 Å². The third-order valence-electron chi connectivity index (χ3n) is 2.56. The van der Waals surface area contributed by atoms with Crippen LogP contribution < -0.4 is 0 Å². The molecule has 0 spiro atoms. The third-order valence-corrected chi connectivity index (χ3v) is 5.60. The van der Waals surface area contributed by atoms with Crippen LogP contribution in [0.4, 0.5) is 8.78 Å². The van der Waals surface area contributed by atoms with Gasteiger partial charge in [-0.15, -0.1) is 11.3 Å². The molecule has 0 N–H and O–H groups in total. The largest absolute Gasteiger partial charge is 0.385 e. The highest BCUT2D eigenvalue weighted by Gasteiger charge is 2.50. The first kappa shape index (κ1) is 14.1. The molecule has 7 heteroatoms. The highest BCUT2D eigenvalue weighted by molar-refractivity contribution is 7.92. The molecule has 3 nitrogen and oxygen atoms in total. The SMILES string of the molecule is Cc1nc(C)c(C(F)(F)S(=O)(=O)c2ccccc2)s1. The summed E-state index contributed by atoms with van der Waals surface area (Å²) in [6, 6.07) is 6.71. The van der Waals surface area contributed by atoms with E-state index in [2.05, 4.69) is 4.98 Å². The number of rotatable bonds is 3. The van der Waals surface area contributed by atoms with Crippen LogP contribution in [0.3, 0.4) is 0 Å². The Morgan fingerprint density at radius 2 is 1.74 bits per heavy atom. The molecule has 0 atom stereocenters. The van der Waals surface area contributed by atoms with E-state index in [4.69, 9.17) is 0 Å². The Balaban J connectivity index is 2.59. The van der Waals surface area contributed by atoms with E-state index >= 15 is 0 Å². The number of nitrogens with zero attached hydrogens (tertiary/aromatic N) is 1. The molecule has 0 aliphatic rings. The van der Waals surface area contributed by atoms with Gasteiger partial charge < -0.3 is 0 Å². The Bertz CT molecular complexity index is 694. The quantitative estimate of drug-likeness (QED) is 0.874. The van der Waals surface area contributed by atoms with Crippen molar-refractivity contribution in [2.45, 2.75) is 24.0 Å². The van der Waals surface area contributed by atoms with Gasteiger partial charge in [-0.2, -0.15) is 8.78 Å². The molecule has 0 aliphatic carbocycles.